The summed E-state index contributed by atoms with van der Waals surface area (Å²) in [5.41, 5.74) is 4.33. The molecule has 0 bridgehead atoms. The molecule has 5 heteroatoms. The summed E-state index contributed by atoms with van der Waals surface area (Å²) in [6, 6.07) is 6.74. The van der Waals surface area contributed by atoms with Gasteiger partial charge in [0.05, 0.1) is 0 Å². The number of imidazole rings is 1. The zero-order valence-corrected chi connectivity index (χ0v) is 14.5. The van der Waals surface area contributed by atoms with Gasteiger partial charge >= 0.3 is 0 Å². The Morgan fingerprint density at radius 2 is 2.26 bits per heavy atom. The number of likely N-dealkylation sites (tertiary alicyclic amines) is 1. The Morgan fingerprint density at radius 3 is 3.09 bits per heavy atom. The van der Waals surface area contributed by atoms with Crippen molar-refractivity contribution < 1.29 is 0 Å². The first-order chi connectivity index (χ1) is 10.8. The van der Waals surface area contributed by atoms with Gasteiger partial charge in [0.1, 0.15) is 5.82 Å². The number of para-hydroxylation sites is 1. The second-order valence-electron chi connectivity index (χ2n) is 6.60. The fourth-order valence-electron chi connectivity index (χ4n) is 3.96. The first kappa shape index (κ1) is 16.3. The van der Waals surface area contributed by atoms with E-state index in [1.807, 2.05) is 6.20 Å². The smallest absolute Gasteiger partial charge is 0.112 e. The number of nitrogens with one attached hydrogen (secondary N) is 1. The van der Waals surface area contributed by atoms with E-state index >= 15 is 0 Å². The van der Waals surface area contributed by atoms with Gasteiger partial charge < -0.3 is 9.88 Å². The minimum atomic E-state index is 0. The largest absolute Gasteiger partial charge is 0.384 e. The quantitative estimate of drug-likeness (QED) is 0.937. The van der Waals surface area contributed by atoms with Crippen molar-refractivity contribution in [3.05, 3.63) is 47.5 Å². The maximum Gasteiger partial charge on any atom is 0.112 e. The van der Waals surface area contributed by atoms with E-state index in [4.69, 9.17) is 0 Å². The van der Waals surface area contributed by atoms with E-state index in [0.717, 1.165) is 19.6 Å². The van der Waals surface area contributed by atoms with Gasteiger partial charge in [0.2, 0.25) is 0 Å². The summed E-state index contributed by atoms with van der Waals surface area (Å²) in [4.78, 5) is 7.16. The number of aromatic nitrogens is 2. The summed E-state index contributed by atoms with van der Waals surface area (Å²) in [7, 11) is 2.11. The van der Waals surface area contributed by atoms with Crippen LogP contribution >= 0.6 is 12.4 Å². The van der Waals surface area contributed by atoms with Gasteiger partial charge in [-0.15, -0.1) is 12.4 Å². The third-order valence-electron chi connectivity index (χ3n) is 5.06. The molecule has 2 aromatic rings. The Hall–Kier alpha value is -1.52. The van der Waals surface area contributed by atoms with Gasteiger partial charge in [0.25, 0.3) is 0 Å². The number of rotatable bonds is 3. The van der Waals surface area contributed by atoms with E-state index in [9.17, 15) is 0 Å². The Balaban J connectivity index is 0.00000156. The van der Waals surface area contributed by atoms with Crippen molar-refractivity contribution in [3.63, 3.8) is 0 Å². The molecule has 1 aromatic heterocycles. The predicted octanol–water partition coefficient (Wildman–Crippen LogP) is 3.19. The van der Waals surface area contributed by atoms with Crippen molar-refractivity contribution in [1.29, 1.82) is 0 Å². The highest BCUT2D eigenvalue weighted by molar-refractivity contribution is 5.85. The van der Waals surface area contributed by atoms with Crippen LogP contribution in [0.15, 0.2) is 30.6 Å². The first-order valence-corrected chi connectivity index (χ1v) is 8.35. The van der Waals surface area contributed by atoms with Crippen molar-refractivity contribution in [2.24, 2.45) is 7.05 Å². The molecule has 1 atom stereocenters. The van der Waals surface area contributed by atoms with Crippen LogP contribution < -0.4 is 5.32 Å². The van der Waals surface area contributed by atoms with Crippen LogP contribution in [0.3, 0.4) is 0 Å². The van der Waals surface area contributed by atoms with Crippen molar-refractivity contribution in [2.45, 2.75) is 31.7 Å². The number of hydrogen-bond donors (Lipinski definition) is 1. The lowest BCUT2D eigenvalue weighted by molar-refractivity contribution is 0.195. The summed E-state index contributed by atoms with van der Waals surface area (Å²) in [6.07, 6.45) is 7.66. The number of aryl methyl sites for hydroxylation is 1. The van der Waals surface area contributed by atoms with E-state index < -0.39 is 0 Å². The summed E-state index contributed by atoms with van der Waals surface area (Å²) in [6.45, 7) is 4.46. The van der Waals surface area contributed by atoms with Crippen LogP contribution in [0.25, 0.3) is 0 Å². The summed E-state index contributed by atoms with van der Waals surface area (Å²) in [5, 5.41) is 3.56. The fourth-order valence-corrected chi connectivity index (χ4v) is 3.96. The average Bonchev–Trinajstić information content (AvgIpc) is 3.17. The van der Waals surface area contributed by atoms with Crippen LogP contribution in [0.2, 0.25) is 0 Å². The first-order valence-electron chi connectivity index (χ1n) is 8.35. The highest BCUT2D eigenvalue weighted by Gasteiger charge is 2.25. The normalized spacial score (nSPS) is 20.7. The number of halogens is 1. The summed E-state index contributed by atoms with van der Waals surface area (Å²) >= 11 is 0. The second-order valence-corrected chi connectivity index (χ2v) is 6.60. The Bertz CT molecular complexity index is 667. The molecular weight excluding hydrogens is 308 g/mol. The predicted molar refractivity (Wildman–Crippen MR) is 96.3 cm³/mol. The van der Waals surface area contributed by atoms with E-state index in [1.165, 1.54) is 48.4 Å². The van der Waals surface area contributed by atoms with Gasteiger partial charge in [-0.1, -0.05) is 18.2 Å². The summed E-state index contributed by atoms with van der Waals surface area (Å²) < 4.78 is 2.18. The lowest BCUT2D eigenvalue weighted by Crippen LogP contribution is -2.34. The SMILES string of the molecule is Cl.Cn1ccnc1C1CCCN(Cc2cccc3c2NCC3)C1. The van der Waals surface area contributed by atoms with Gasteiger partial charge in [-0.05, 0) is 36.9 Å². The van der Waals surface area contributed by atoms with Crippen LogP contribution in [0.5, 0.6) is 0 Å². The van der Waals surface area contributed by atoms with Gasteiger partial charge in [-0.2, -0.15) is 0 Å². The lowest BCUT2D eigenvalue weighted by atomic mass is 9.96. The number of nitrogens with zero attached hydrogens (tertiary/aromatic N) is 3. The third-order valence-corrected chi connectivity index (χ3v) is 5.06. The van der Waals surface area contributed by atoms with Crippen molar-refractivity contribution in [1.82, 2.24) is 14.5 Å². The van der Waals surface area contributed by atoms with Crippen LogP contribution in [0, 0.1) is 0 Å². The molecule has 4 rings (SSSR count). The fraction of sp³-hybridized carbons (Fsp3) is 0.500. The highest BCUT2D eigenvalue weighted by atomic mass is 35.5. The molecule has 2 aliphatic rings. The molecule has 1 unspecified atom stereocenters. The molecule has 0 amide bonds. The molecule has 1 aromatic carbocycles. The monoisotopic (exact) mass is 332 g/mol. The molecule has 0 saturated carbocycles. The minimum Gasteiger partial charge on any atom is -0.384 e. The topological polar surface area (TPSA) is 33.1 Å². The zero-order chi connectivity index (χ0) is 14.9. The molecular formula is C18H25ClN4. The number of hydrogen-bond acceptors (Lipinski definition) is 3. The molecule has 1 N–H and O–H groups in total. The van der Waals surface area contributed by atoms with Crippen LogP contribution in [-0.2, 0) is 20.0 Å². The molecule has 0 spiro atoms. The zero-order valence-electron chi connectivity index (χ0n) is 13.7. The molecule has 3 heterocycles. The number of anilines is 1. The van der Waals surface area contributed by atoms with Crippen molar-refractivity contribution in [2.75, 3.05) is 25.0 Å². The average molecular weight is 333 g/mol. The van der Waals surface area contributed by atoms with Gasteiger partial charge in [-0.3, -0.25) is 4.90 Å². The second kappa shape index (κ2) is 6.93. The number of benzene rings is 1. The van der Waals surface area contributed by atoms with Gasteiger partial charge in [0, 0.05) is 50.7 Å². The number of piperidine rings is 1. The third kappa shape index (κ3) is 3.24. The maximum absolute atomic E-state index is 4.56. The number of fused-ring (bicyclic) bond motifs is 1. The molecule has 4 nitrogen and oxygen atoms in total. The molecule has 1 saturated heterocycles. The van der Waals surface area contributed by atoms with Crippen LogP contribution in [0.4, 0.5) is 5.69 Å². The standard InChI is InChI=1S/C18H24N4.ClH/c1-21-11-9-20-18(21)16-6-3-10-22(13-16)12-15-5-2-4-14-7-8-19-17(14)15;/h2,4-5,9,11,16,19H,3,6-8,10,12-13H2,1H3;1H. The van der Waals surface area contributed by atoms with Crippen LogP contribution in [0.1, 0.15) is 35.7 Å². The molecule has 23 heavy (non-hydrogen) atoms. The van der Waals surface area contributed by atoms with E-state index in [0.29, 0.717) is 5.92 Å². The highest BCUT2D eigenvalue weighted by Crippen LogP contribution is 2.30. The maximum atomic E-state index is 4.56. The van der Waals surface area contributed by atoms with E-state index in [2.05, 4.69) is 51.2 Å². The van der Waals surface area contributed by atoms with Crippen molar-refractivity contribution in [3.8, 4) is 0 Å². The Kier molecular flexibility index (Phi) is 4.93. The molecule has 124 valence electrons. The molecule has 1 fully saturated rings. The van der Waals surface area contributed by atoms with E-state index in [-0.39, 0.29) is 12.4 Å². The van der Waals surface area contributed by atoms with E-state index in [1.54, 1.807) is 0 Å². The van der Waals surface area contributed by atoms with Crippen LogP contribution in [-0.4, -0.2) is 34.1 Å². The van der Waals surface area contributed by atoms with Gasteiger partial charge in [0.15, 0.2) is 0 Å². The minimum absolute atomic E-state index is 0. The van der Waals surface area contributed by atoms with Crippen molar-refractivity contribution >= 4 is 18.1 Å². The Morgan fingerprint density at radius 1 is 1.35 bits per heavy atom. The molecule has 2 aliphatic heterocycles. The lowest BCUT2D eigenvalue weighted by Gasteiger charge is -2.32. The summed E-state index contributed by atoms with van der Waals surface area (Å²) in [5.74, 6) is 1.81. The molecule has 0 aliphatic carbocycles. The van der Waals surface area contributed by atoms with Gasteiger partial charge in [-0.25, -0.2) is 4.98 Å². The Labute approximate surface area is 144 Å². The molecule has 0 radical (unpaired) electrons.